The van der Waals surface area contributed by atoms with Crippen molar-refractivity contribution < 1.29 is 0 Å². The largest absolute Gasteiger partial charge is 0.308 e. The van der Waals surface area contributed by atoms with E-state index in [1.165, 1.54) is 65.3 Å². The Morgan fingerprint density at radius 2 is 0.633 bits per heavy atom. The molecule has 0 spiro atoms. The van der Waals surface area contributed by atoms with Gasteiger partial charge in [0.1, 0.15) is 5.01 Å². The zero-order chi connectivity index (χ0) is 52.9. The Bertz CT molecular complexity index is 5230. The molecular formula is C72H52N6S. The average molecular weight is 1030 g/mol. The van der Waals surface area contributed by atoms with Gasteiger partial charge in [0, 0.05) is 60.0 Å². The molecule has 79 heavy (non-hydrogen) atoms. The van der Waals surface area contributed by atoms with Crippen LogP contribution in [0.5, 0.6) is 0 Å². The van der Waals surface area contributed by atoms with Crippen molar-refractivity contribution in [3.8, 4) is 44.4 Å². The molecule has 16 rings (SSSR count). The van der Waals surface area contributed by atoms with Gasteiger partial charge in [-0.3, -0.25) is 4.98 Å². The number of aromatic nitrogens is 6. The summed E-state index contributed by atoms with van der Waals surface area (Å²) in [4.78, 5) is 11.0. The maximum absolute atomic E-state index is 5.87. The average Bonchev–Trinajstić information content (AvgIpc) is 3.03. The minimum absolute atomic E-state index is 0.924. The highest BCUT2D eigenvalue weighted by atomic mass is 32.1. The van der Waals surface area contributed by atoms with Gasteiger partial charge in [0.25, 0.3) is 0 Å². The fourth-order valence-electron chi connectivity index (χ4n) is 13.3. The number of hydrogen-bond acceptors (Lipinski definition) is 3. The summed E-state index contributed by atoms with van der Waals surface area (Å²) in [5, 5.41) is 10.5. The van der Waals surface area contributed by atoms with E-state index in [1.807, 2.05) is 0 Å². The van der Waals surface area contributed by atoms with Crippen LogP contribution in [-0.4, -0.2) is 28.2 Å². The van der Waals surface area contributed by atoms with Crippen molar-refractivity contribution in [3.05, 3.63) is 240 Å². The van der Waals surface area contributed by atoms with Gasteiger partial charge in [-0.05, 0) is 144 Å². The van der Waals surface area contributed by atoms with Crippen LogP contribution in [0.3, 0.4) is 0 Å². The minimum Gasteiger partial charge on any atom is -0.308 e. The third kappa shape index (κ3) is 6.63. The number of pyridine rings is 1. The minimum atomic E-state index is 0.924. The fourth-order valence-corrected chi connectivity index (χ4v) is 14.3. The van der Waals surface area contributed by atoms with Crippen LogP contribution in [0.2, 0.25) is 0 Å². The van der Waals surface area contributed by atoms with Gasteiger partial charge < -0.3 is 18.3 Å². The monoisotopic (exact) mass is 1030 g/mol. The molecule has 0 unspecified atom stereocenters. The summed E-state index contributed by atoms with van der Waals surface area (Å²) >= 11 is 1.77. The summed E-state index contributed by atoms with van der Waals surface area (Å²) < 4.78 is 11.5. The molecule has 0 saturated carbocycles. The van der Waals surface area contributed by atoms with E-state index in [1.54, 1.807) is 11.3 Å². The number of nitrogens with zero attached hydrogens (tertiary/aromatic N) is 6. The third-order valence-corrected chi connectivity index (χ3v) is 17.5. The predicted molar refractivity (Wildman–Crippen MR) is 334 cm³/mol. The van der Waals surface area contributed by atoms with E-state index in [2.05, 4.69) is 266 Å². The van der Waals surface area contributed by atoms with Crippen LogP contribution in [0.4, 0.5) is 0 Å². The molecule has 6 nitrogen and oxygen atoms in total. The number of thiazole rings is 1. The first kappa shape index (κ1) is 45.6. The number of benzene rings is 10. The highest BCUT2D eigenvalue weighted by Crippen LogP contribution is 2.55. The number of aryl methyl sites for hydroxylation is 6. The molecule has 0 aliphatic rings. The van der Waals surface area contributed by atoms with Crippen molar-refractivity contribution in [1.29, 1.82) is 0 Å². The predicted octanol–water partition coefficient (Wildman–Crippen LogP) is 19.3. The summed E-state index contributed by atoms with van der Waals surface area (Å²) in [5.74, 6) is 0. The molecule has 0 aliphatic carbocycles. The summed E-state index contributed by atoms with van der Waals surface area (Å²) in [6.07, 6.45) is 0. The van der Waals surface area contributed by atoms with Crippen LogP contribution < -0.4 is 0 Å². The lowest BCUT2D eigenvalue weighted by atomic mass is 9.92. The quantitative estimate of drug-likeness (QED) is 0.167. The molecule has 0 atom stereocenters. The second-order valence-electron chi connectivity index (χ2n) is 21.8. The Balaban J connectivity index is 1.32. The lowest BCUT2D eigenvalue weighted by Gasteiger charge is -2.31. The van der Waals surface area contributed by atoms with Crippen molar-refractivity contribution >= 4 is 109 Å². The van der Waals surface area contributed by atoms with Crippen LogP contribution in [0.1, 0.15) is 33.6 Å². The first-order valence-electron chi connectivity index (χ1n) is 27.2. The van der Waals surface area contributed by atoms with Crippen LogP contribution in [-0.2, 0) is 0 Å². The van der Waals surface area contributed by atoms with Gasteiger partial charge in [-0.25, -0.2) is 4.98 Å². The molecule has 0 aliphatic heterocycles. The molecule has 6 aromatic heterocycles. The molecule has 376 valence electrons. The van der Waals surface area contributed by atoms with Gasteiger partial charge >= 0.3 is 0 Å². The zero-order valence-electron chi connectivity index (χ0n) is 44.7. The topological polar surface area (TPSA) is 45.5 Å². The number of fused-ring (bicyclic) bond motifs is 13. The Morgan fingerprint density at radius 1 is 0.291 bits per heavy atom. The van der Waals surface area contributed by atoms with Crippen LogP contribution >= 0.6 is 11.3 Å². The summed E-state index contributed by atoms with van der Waals surface area (Å²) in [7, 11) is 0. The van der Waals surface area contributed by atoms with Gasteiger partial charge in [0.05, 0.1) is 82.7 Å². The molecule has 0 fully saturated rings. The lowest BCUT2D eigenvalue weighted by Crippen LogP contribution is -2.16. The van der Waals surface area contributed by atoms with Gasteiger partial charge in [-0.15, -0.1) is 11.3 Å². The van der Waals surface area contributed by atoms with E-state index in [0.29, 0.717) is 0 Å². The summed E-state index contributed by atoms with van der Waals surface area (Å²) in [6, 6.07) is 77.3. The Hall–Kier alpha value is -9.56. The van der Waals surface area contributed by atoms with Crippen molar-refractivity contribution in [2.24, 2.45) is 0 Å². The highest BCUT2D eigenvalue weighted by Gasteiger charge is 2.36. The van der Waals surface area contributed by atoms with Gasteiger partial charge in [0.2, 0.25) is 0 Å². The van der Waals surface area contributed by atoms with Crippen molar-refractivity contribution in [2.75, 3.05) is 0 Å². The lowest BCUT2D eigenvalue weighted by molar-refractivity contribution is 1.04. The Morgan fingerprint density at radius 3 is 1.05 bits per heavy atom. The maximum atomic E-state index is 5.87. The van der Waals surface area contributed by atoms with E-state index >= 15 is 0 Å². The molecule has 0 saturated heterocycles. The molecule has 0 amide bonds. The van der Waals surface area contributed by atoms with Gasteiger partial charge in [-0.2, -0.15) is 0 Å². The molecule has 0 bridgehead atoms. The standard InChI is InChI=1S/C72H52N6S/c1-41-27-31-61-52(35-41)48-17-7-12-22-57(48)75(61)68-66(47-39-45(5)73-46(6)40-47)69(76-58-23-13-8-18-49(58)53-36-42(2)28-32-62(53)76)71(78-60-25-15-10-20-51(60)55-38-44(4)30-34-64(55)78)70(67(68)72-74-56-21-11-16-26-65(56)79-72)77-59-24-14-9-19-50(59)54-37-43(3)29-33-63(54)77/h7-40H,1-6H3. The van der Waals surface area contributed by atoms with Crippen molar-refractivity contribution in [1.82, 2.24) is 28.2 Å². The van der Waals surface area contributed by atoms with Crippen LogP contribution in [0.15, 0.2) is 206 Å². The van der Waals surface area contributed by atoms with Crippen molar-refractivity contribution in [2.45, 2.75) is 41.5 Å². The fraction of sp³-hybridized carbons (Fsp3) is 0.0833. The van der Waals surface area contributed by atoms with Crippen LogP contribution in [0.25, 0.3) is 142 Å². The van der Waals surface area contributed by atoms with Crippen molar-refractivity contribution in [3.63, 3.8) is 0 Å². The SMILES string of the molecule is Cc1ccc2c(c1)c1ccccc1n2-c1c(-c2cc(C)nc(C)c2)c(-n2c3ccccc3c3cc(C)ccc32)c(-n2c3ccccc3c3cc(C)ccc32)c(-n2c3ccccc3c3cc(C)ccc32)c1-c1nc2ccccc2s1. The summed E-state index contributed by atoms with van der Waals surface area (Å²) in [5.41, 5.74) is 23.9. The molecule has 7 heteroatoms. The molecule has 0 N–H and O–H groups in total. The van der Waals surface area contributed by atoms with E-state index in [4.69, 9.17) is 9.97 Å². The second kappa shape index (κ2) is 17.0. The van der Waals surface area contributed by atoms with E-state index in [0.717, 1.165) is 110 Å². The van der Waals surface area contributed by atoms with Gasteiger partial charge in [0.15, 0.2) is 0 Å². The molecular weight excluding hydrogens is 981 g/mol. The number of para-hydroxylation sites is 5. The van der Waals surface area contributed by atoms with E-state index < -0.39 is 0 Å². The first-order chi connectivity index (χ1) is 38.7. The van der Waals surface area contributed by atoms with Gasteiger partial charge in [-0.1, -0.05) is 131 Å². The smallest absolute Gasteiger partial charge is 0.128 e. The number of rotatable bonds is 6. The molecule has 0 radical (unpaired) electrons. The molecule has 16 aromatic rings. The van der Waals surface area contributed by atoms with Crippen LogP contribution in [0, 0.1) is 41.5 Å². The van der Waals surface area contributed by atoms with E-state index in [-0.39, 0.29) is 0 Å². The molecule has 10 aromatic carbocycles. The zero-order valence-corrected chi connectivity index (χ0v) is 45.5. The number of hydrogen-bond donors (Lipinski definition) is 0. The molecule has 6 heterocycles. The normalized spacial score (nSPS) is 12.2. The Kier molecular flexibility index (Phi) is 9.80. The van der Waals surface area contributed by atoms with E-state index in [9.17, 15) is 0 Å². The third-order valence-electron chi connectivity index (χ3n) is 16.5. The summed E-state index contributed by atoms with van der Waals surface area (Å²) in [6.45, 7) is 13.1. The Labute approximate surface area is 460 Å². The maximum Gasteiger partial charge on any atom is 0.128 e. The highest BCUT2D eigenvalue weighted by molar-refractivity contribution is 7.21. The first-order valence-corrected chi connectivity index (χ1v) is 28.0. The second-order valence-corrected chi connectivity index (χ2v) is 22.8.